The van der Waals surface area contributed by atoms with E-state index in [4.69, 9.17) is 9.15 Å². The summed E-state index contributed by atoms with van der Waals surface area (Å²) in [5.41, 5.74) is 12.1. The number of rotatable bonds is 6. The van der Waals surface area contributed by atoms with Gasteiger partial charge in [-0.2, -0.15) is 0 Å². The summed E-state index contributed by atoms with van der Waals surface area (Å²) in [4.78, 5) is 2.39. The lowest BCUT2D eigenvalue weighted by Crippen LogP contribution is -2.26. The molecule has 55 heavy (non-hydrogen) atoms. The van der Waals surface area contributed by atoms with Gasteiger partial charge in [0.1, 0.15) is 17.4 Å². The van der Waals surface area contributed by atoms with Crippen LogP contribution in [-0.2, 0) is 0 Å². The number of fused-ring (bicyclic) bond motifs is 8. The zero-order valence-corrected chi connectivity index (χ0v) is 30.2. The van der Waals surface area contributed by atoms with Crippen LogP contribution in [0.3, 0.4) is 0 Å². The first-order chi connectivity index (χ1) is 27.3. The van der Waals surface area contributed by atoms with Crippen molar-refractivity contribution in [3.8, 4) is 16.9 Å². The first kappa shape index (κ1) is 31.7. The molecule has 0 fully saturated rings. The van der Waals surface area contributed by atoms with Crippen LogP contribution in [-0.4, -0.2) is 6.10 Å². The highest BCUT2D eigenvalue weighted by Crippen LogP contribution is 2.52. The fraction of sp³-hybridized carbons (Fsp3) is 0.0769. The Kier molecular flexibility index (Phi) is 7.44. The third-order valence-corrected chi connectivity index (χ3v) is 11.5. The van der Waals surface area contributed by atoms with Gasteiger partial charge < -0.3 is 14.1 Å². The van der Waals surface area contributed by atoms with Crippen LogP contribution in [0.5, 0.6) is 5.75 Å². The van der Waals surface area contributed by atoms with Gasteiger partial charge in [-0.15, -0.1) is 0 Å². The number of para-hydroxylation sites is 2. The molecule has 3 aliphatic rings. The summed E-state index contributed by atoms with van der Waals surface area (Å²) in [5.74, 6) is 1.36. The van der Waals surface area contributed by atoms with Crippen molar-refractivity contribution in [3.05, 3.63) is 217 Å². The van der Waals surface area contributed by atoms with Crippen LogP contribution in [0.4, 0.5) is 11.4 Å². The van der Waals surface area contributed by atoms with E-state index in [0.717, 1.165) is 67.7 Å². The molecule has 8 aromatic rings. The molecule has 2 aliphatic carbocycles. The molecule has 0 radical (unpaired) electrons. The van der Waals surface area contributed by atoms with Gasteiger partial charge in [0.15, 0.2) is 5.58 Å². The molecule has 262 valence electrons. The highest BCUT2D eigenvalue weighted by Gasteiger charge is 2.39. The molecule has 0 saturated heterocycles. The summed E-state index contributed by atoms with van der Waals surface area (Å²) < 4.78 is 13.8. The molecule has 7 aromatic carbocycles. The normalized spacial score (nSPS) is 18.5. The smallest absolute Gasteiger partial charge is 0.159 e. The van der Waals surface area contributed by atoms with Crippen molar-refractivity contribution < 1.29 is 9.15 Å². The second-order valence-electron chi connectivity index (χ2n) is 14.7. The summed E-state index contributed by atoms with van der Waals surface area (Å²) in [6.45, 7) is 0. The number of hydrogen-bond donors (Lipinski definition) is 0. The average molecular weight is 708 g/mol. The molecule has 11 rings (SSSR count). The average Bonchev–Trinajstić information content (AvgIpc) is 3.83. The van der Waals surface area contributed by atoms with E-state index < -0.39 is 0 Å². The lowest BCUT2D eigenvalue weighted by molar-refractivity contribution is 0.270. The van der Waals surface area contributed by atoms with E-state index in [1.807, 2.05) is 6.07 Å². The van der Waals surface area contributed by atoms with Crippen LogP contribution in [0.15, 0.2) is 204 Å². The largest absolute Gasteiger partial charge is 0.484 e. The Balaban J connectivity index is 1.13. The minimum atomic E-state index is -0.206. The highest BCUT2D eigenvalue weighted by atomic mass is 16.5. The lowest BCUT2D eigenvalue weighted by atomic mass is 9.82. The van der Waals surface area contributed by atoms with Crippen molar-refractivity contribution >= 4 is 49.7 Å². The predicted octanol–water partition coefficient (Wildman–Crippen LogP) is 13.7. The molecule has 2 heterocycles. The summed E-state index contributed by atoms with van der Waals surface area (Å²) in [5, 5.41) is 4.55. The summed E-state index contributed by atoms with van der Waals surface area (Å²) in [6.07, 6.45) is 14.4. The van der Waals surface area contributed by atoms with Gasteiger partial charge in [0.2, 0.25) is 0 Å². The maximum absolute atomic E-state index is 7.10. The van der Waals surface area contributed by atoms with Crippen LogP contribution in [0.25, 0.3) is 49.4 Å². The molecule has 0 N–H and O–H groups in total. The third-order valence-electron chi connectivity index (χ3n) is 11.5. The Labute approximate surface area is 320 Å². The van der Waals surface area contributed by atoms with Crippen molar-refractivity contribution in [2.45, 2.75) is 24.4 Å². The summed E-state index contributed by atoms with van der Waals surface area (Å²) >= 11 is 0. The van der Waals surface area contributed by atoms with Gasteiger partial charge in [-0.25, -0.2) is 0 Å². The van der Waals surface area contributed by atoms with Crippen molar-refractivity contribution in [2.24, 2.45) is 0 Å². The van der Waals surface area contributed by atoms with Crippen molar-refractivity contribution in [3.63, 3.8) is 0 Å². The minimum absolute atomic E-state index is 0.0263. The van der Waals surface area contributed by atoms with E-state index in [9.17, 15) is 0 Å². The number of allylic oxidation sites excluding steroid dienone is 5. The Morgan fingerprint density at radius 3 is 2.07 bits per heavy atom. The molecule has 3 heteroatoms. The maximum atomic E-state index is 7.10. The maximum Gasteiger partial charge on any atom is 0.159 e. The van der Waals surface area contributed by atoms with Gasteiger partial charge in [-0.1, -0.05) is 158 Å². The number of nitrogens with zero attached hydrogens (tertiary/aromatic N) is 1. The van der Waals surface area contributed by atoms with Crippen LogP contribution < -0.4 is 9.64 Å². The second-order valence-corrected chi connectivity index (χ2v) is 14.7. The minimum Gasteiger partial charge on any atom is -0.484 e. The molecule has 3 nitrogen and oxygen atoms in total. The van der Waals surface area contributed by atoms with E-state index in [2.05, 4.69) is 193 Å². The van der Waals surface area contributed by atoms with Crippen molar-refractivity contribution in [1.29, 1.82) is 0 Å². The van der Waals surface area contributed by atoms with E-state index in [1.54, 1.807) is 0 Å². The van der Waals surface area contributed by atoms with Crippen LogP contribution in [0.1, 0.15) is 34.9 Å². The summed E-state index contributed by atoms with van der Waals surface area (Å²) in [6, 6.07) is 56.5. The van der Waals surface area contributed by atoms with E-state index >= 15 is 0 Å². The molecule has 3 unspecified atom stereocenters. The number of furan rings is 1. The molecular formula is C52H37NO2. The zero-order valence-electron chi connectivity index (χ0n) is 30.2. The molecule has 1 aliphatic heterocycles. The van der Waals surface area contributed by atoms with Gasteiger partial charge in [-0.3, -0.25) is 0 Å². The molecule has 0 saturated carbocycles. The number of benzene rings is 7. The summed E-state index contributed by atoms with van der Waals surface area (Å²) in [7, 11) is 0. The fourth-order valence-electron chi connectivity index (χ4n) is 8.90. The van der Waals surface area contributed by atoms with Crippen molar-refractivity contribution in [2.75, 3.05) is 4.90 Å². The first-order valence-corrected chi connectivity index (χ1v) is 19.2. The molecule has 3 atom stereocenters. The van der Waals surface area contributed by atoms with Gasteiger partial charge in [-0.05, 0) is 70.5 Å². The van der Waals surface area contributed by atoms with E-state index in [0.29, 0.717) is 5.92 Å². The molecule has 0 spiro atoms. The molecular weight excluding hydrogens is 671 g/mol. The van der Waals surface area contributed by atoms with E-state index in [1.165, 1.54) is 27.6 Å². The Morgan fingerprint density at radius 1 is 0.582 bits per heavy atom. The van der Waals surface area contributed by atoms with Gasteiger partial charge in [0.25, 0.3) is 0 Å². The topological polar surface area (TPSA) is 25.6 Å². The van der Waals surface area contributed by atoms with Crippen molar-refractivity contribution in [1.82, 2.24) is 0 Å². The monoisotopic (exact) mass is 707 g/mol. The Morgan fingerprint density at radius 2 is 1.29 bits per heavy atom. The van der Waals surface area contributed by atoms with Crippen LogP contribution in [0.2, 0.25) is 0 Å². The Bertz CT molecular complexity index is 2880. The zero-order chi connectivity index (χ0) is 36.3. The first-order valence-electron chi connectivity index (χ1n) is 19.2. The fourth-order valence-corrected chi connectivity index (χ4v) is 8.90. The van der Waals surface area contributed by atoms with Crippen LogP contribution >= 0.6 is 0 Å². The quantitative estimate of drug-likeness (QED) is 0.172. The highest BCUT2D eigenvalue weighted by molar-refractivity contribution is 6.10. The molecule has 1 aromatic heterocycles. The van der Waals surface area contributed by atoms with Gasteiger partial charge in [0, 0.05) is 44.8 Å². The van der Waals surface area contributed by atoms with Gasteiger partial charge >= 0.3 is 0 Å². The second kappa shape index (κ2) is 12.9. The molecule has 0 amide bonds. The lowest BCUT2D eigenvalue weighted by Gasteiger charge is -2.34. The Hall–Kier alpha value is -6.84. The van der Waals surface area contributed by atoms with Gasteiger partial charge in [0.05, 0.1) is 11.4 Å². The SMILES string of the molecule is C1=CCC(c2ccc(N(C3=CC4Oc5c(cc(-c6ccccc6)c6ccccc56)C4C=C3c3ccccc3)c3cccc4c3oc3ccccc34)cc2)C=C1. The van der Waals surface area contributed by atoms with Crippen LogP contribution in [0, 0.1) is 0 Å². The number of hydrogen-bond acceptors (Lipinski definition) is 3. The standard InChI is InChI=1S/C52H37NO2/c1-4-15-34(16-5-1)35-27-29-38(30-28-35)53(47-25-14-24-42-40-22-12-13-26-49(40)54-52(42)47)48-33-50-45(32-44(48)37-19-8-3-9-20-37)46-31-43(36-17-6-2-7-18-36)39-21-10-11-23-41(39)51(46)55-50/h1-15,17-34,45,50H,16H2. The molecule has 0 bridgehead atoms. The van der Waals surface area contributed by atoms with E-state index in [-0.39, 0.29) is 12.0 Å². The number of ether oxygens (including phenoxy) is 1. The third kappa shape index (κ3) is 5.26. The number of anilines is 2. The predicted molar refractivity (Wildman–Crippen MR) is 227 cm³/mol.